The van der Waals surface area contributed by atoms with Gasteiger partial charge in [0, 0.05) is 22.7 Å². The molecule has 1 N–H and O–H groups in total. The third-order valence-corrected chi connectivity index (χ3v) is 4.78. The summed E-state index contributed by atoms with van der Waals surface area (Å²) in [6, 6.07) is 11.6. The van der Waals surface area contributed by atoms with Gasteiger partial charge in [-0.1, -0.05) is 6.07 Å². The average molecular weight is 384 g/mol. The van der Waals surface area contributed by atoms with Crippen molar-refractivity contribution in [1.29, 1.82) is 0 Å². The van der Waals surface area contributed by atoms with E-state index in [2.05, 4.69) is 20.8 Å². The quantitative estimate of drug-likeness (QED) is 0.394. The van der Waals surface area contributed by atoms with Gasteiger partial charge in [0.15, 0.2) is 5.82 Å². The summed E-state index contributed by atoms with van der Waals surface area (Å²) < 4.78 is 1.61. The largest absolute Gasteiger partial charge is 0.325 e. The summed E-state index contributed by atoms with van der Waals surface area (Å²) in [5.74, 6) is 0.655. The van der Waals surface area contributed by atoms with E-state index in [-0.39, 0.29) is 17.3 Å². The number of hydrogen-bond donors (Lipinski definition) is 1. The van der Waals surface area contributed by atoms with Gasteiger partial charge in [0.2, 0.25) is 5.91 Å². The van der Waals surface area contributed by atoms with E-state index in [1.165, 1.54) is 23.9 Å². The topological polar surface area (TPSA) is 116 Å². The molecule has 2 aromatic carbocycles. The highest BCUT2D eigenvalue weighted by Gasteiger charge is 2.10. The Labute approximate surface area is 158 Å². The maximum atomic E-state index is 12.2. The summed E-state index contributed by atoms with van der Waals surface area (Å²) in [4.78, 5) is 23.2. The number of aryl methyl sites for hydroxylation is 2. The Kier molecular flexibility index (Phi) is 5.46. The predicted octanol–water partition coefficient (Wildman–Crippen LogP) is 2.92. The standard InChI is InChI=1S/C17H16N6O3S/c1-11-3-4-13(9-16(11)22-12(2)19-20-21-22)18-17(24)10-27-15-7-5-14(6-8-15)23(25)26/h3-9H,10H2,1-2H3,(H,18,24). The van der Waals surface area contributed by atoms with Crippen molar-refractivity contribution >= 4 is 29.0 Å². The van der Waals surface area contributed by atoms with Crippen molar-refractivity contribution < 1.29 is 9.72 Å². The summed E-state index contributed by atoms with van der Waals surface area (Å²) >= 11 is 1.30. The third kappa shape index (κ3) is 4.47. The van der Waals surface area contributed by atoms with E-state index >= 15 is 0 Å². The first-order valence-corrected chi connectivity index (χ1v) is 8.96. The number of carbonyl (C=O) groups excluding carboxylic acids is 1. The molecule has 1 aromatic heterocycles. The molecule has 138 valence electrons. The molecule has 0 aliphatic heterocycles. The molecule has 0 aliphatic rings. The molecule has 0 atom stereocenters. The highest BCUT2D eigenvalue weighted by atomic mass is 32.2. The summed E-state index contributed by atoms with van der Waals surface area (Å²) in [6.07, 6.45) is 0. The molecule has 9 nitrogen and oxygen atoms in total. The number of tetrazole rings is 1. The fourth-order valence-electron chi connectivity index (χ4n) is 2.38. The molecule has 0 fully saturated rings. The van der Waals surface area contributed by atoms with Gasteiger partial charge in [-0.05, 0) is 54.1 Å². The van der Waals surface area contributed by atoms with E-state index < -0.39 is 4.92 Å². The first-order valence-electron chi connectivity index (χ1n) is 7.97. The number of nitro groups is 1. The van der Waals surface area contributed by atoms with E-state index in [0.717, 1.165) is 16.1 Å². The van der Waals surface area contributed by atoms with Gasteiger partial charge in [-0.3, -0.25) is 14.9 Å². The van der Waals surface area contributed by atoms with Crippen LogP contribution in [0.2, 0.25) is 0 Å². The van der Waals surface area contributed by atoms with Crippen LogP contribution in [0.3, 0.4) is 0 Å². The summed E-state index contributed by atoms with van der Waals surface area (Å²) in [5.41, 5.74) is 2.43. The molecule has 0 saturated heterocycles. The number of nitrogens with zero attached hydrogens (tertiary/aromatic N) is 5. The number of benzene rings is 2. The van der Waals surface area contributed by atoms with Crippen LogP contribution in [0.5, 0.6) is 0 Å². The number of non-ortho nitro benzene ring substituents is 1. The second-order valence-electron chi connectivity index (χ2n) is 5.73. The number of nitro benzene ring substituents is 1. The average Bonchev–Trinajstić information content (AvgIpc) is 3.07. The minimum absolute atomic E-state index is 0.0221. The van der Waals surface area contributed by atoms with E-state index in [1.54, 1.807) is 23.7 Å². The Morgan fingerprint density at radius 2 is 1.96 bits per heavy atom. The normalized spacial score (nSPS) is 10.6. The van der Waals surface area contributed by atoms with E-state index in [4.69, 9.17) is 0 Å². The number of nitrogens with one attached hydrogen (secondary N) is 1. The van der Waals surface area contributed by atoms with E-state index in [0.29, 0.717) is 11.5 Å². The number of aromatic nitrogens is 4. The zero-order chi connectivity index (χ0) is 19.4. The second kappa shape index (κ2) is 7.96. The molecule has 3 rings (SSSR count). The van der Waals surface area contributed by atoms with Crippen LogP contribution >= 0.6 is 11.8 Å². The first-order chi connectivity index (χ1) is 12.9. The predicted molar refractivity (Wildman–Crippen MR) is 101 cm³/mol. The molecular weight excluding hydrogens is 368 g/mol. The van der Waals surface area contributed by atoms with Gasteiger partial charge in [-0.15, -0.1) is 16.9 Å². The second-order valence-corrected chi connectivity index (χ2v) is 6.78. The van der Waals surface area contributed by atoms with Crippen LogP contribution < -0.4 is 5.32 Å². The highest BCUT2D eigenvalue weighted by Crippen LogP contribution is 2.23. The van der Waals surface area contributed by atoms with Gasteiger partial charge in [-0.25, -0.2) is 0 Å². The summed E-state index contributed by atoms with van der Waals surface area (Å²) in [6.45, 7) is 3.73. The molecule has 1 heterocycles. The third-order valence-electron chi connectivity index (χ3n) is 3.76. The van der Waals surface area contributed by atoms with Gasteiger partial charge in [0.05, 0.1) is 16.4 Å². The lowest BCUT2D eigenvalue weighted by Crippen LogP contribution is -2.14. The molecule has 0 unspecified atom stereocenters. The first kappa shape index (κ1) is 18.5. The van der Waals surface area contributed by atoms with E-state index in [1.807, 2.05) is 25.1 Å². The Hall–Kier alpha value is -3.27. The van der Waals surface area contributed by atoms with Crippen LogP contribution in [0.25, 0.3) is 5.69 Å². The van der Waals surface area contributed by atoms with Gasteiger partial charge in [0.25, 0.3) is 5.69 Å². The van der Waals surface area contributed by atoms with Gasteiger partial charge in [0.1, 0.15) is 0 Å². The molecular formula is C17H16N6O3S. The van der Waals surface area contributed by atoms with Crippen molar-refractivity contribution in [1.82, 2.24) is 20.2 Å². The van der Waals surface area contributed by atoms with Crippen LogP contribution in [0, 0.1) is 24.0 Å². The van der Waals surface area contributed by atoms with Crippen LogP contribution in [0.1, 0.15) is 11.4 Å². The zero-order valence-corrected chi connectivity index (χ0v) is 15.4. The smallest absolute Gasteiger partial charge is 0.269 e. The van der Waals surface area contributed by atoms with Crippen LogP contribution in [-0.4, -0.2) is 36.8 Å². The maximum Gasteiger partial charge on any atom is 0.269 e. The lowest BCUT2D eigenvalue weighted by molar-refractivity contribution is -0.384. The Morgan fingerprint density at radius 1 is 1.22 bits per heavy atom. The number of amides is 1. The lowest BCUT2D eigenvalue weighted by atomic mass is 10.2. The van der Waals surface area contributed by atoms with Gasteiger partial charge >= 0.3 is 0 Å². The number of carbonyl (C=O) groups is 1. The summed E-state index contributed by atoms with van der Waals surface area (Å²) in [5, 5.41) is 25.0. The Bertz CT molecular complexity index is 987. The number of rotatable bonds is 6. The molecule has 0 bridgehead atoms. The van der Waals surface area contributed by atoms with Gasteiger partial charge < -0.3 is 5.32 Å². The highest BCUT2D eigenvalue weighted by molar-refractivity contribution is 8.00. The molecule has 0 aliphatic carbocycles. The van der Waals surface area contributed by atoms with Crippen molar-refractivity contribution in [2.24, 2.45) is 0 Å². The Morgan fingerprint density at radius 3 is 2.59 bits per heavy atom. The molecule has 0 saturated carbocycles. The maximum absolute atomic E-state index is 12.2. The van der Waals surface area contributed by atoms with Crippen molar-refractivity contribution in [2.75, 3.05) is 11.1 Å². The molecule has 0 spiro atoms. The zero-order valence-electron chi connectivity index (χ0n) is 14.6. The molecule has 0 radical (unpaired) electrons. The minimum atomic E-state index is -0.456. The van der Waals surface area contributed by atoms with Crippen molar-refractivity contribution in [3.8, 4) is 5.69 Å². The fraction of sp³-hybridized carbons (Fsp3) is 0.176. The van der Waals surface area contributed by atoms with Crippen LogP contribution in [-0.2, 0) is 4.79 Å². The molecule has 3 aromatic rings. The lowest BCUT2D eigenvalue weighted by Gasteiger charge is -2.10. The monoisotopic (exact) mass is 384 g/mol. The number of anilines is 1. The molecule has 1 amide bonds. The Balaban J connectivity index is 1.64. The van der Waals surface area contributed by atoms with Crippen LogP contribution in [0.15, 0.2) is 47.4 Å². The van der Waals surface area contributed by atoms with E-state index in [9.17, 15) is 14.9 Å². The molecule has 10 heteroatoms. The summed E-state index contributed by atoms with van der Waals surface area (Å²) in [7, 11) is 0. The fourth-order valence-corrected chi connectivity index (χ4v) is 3.08. The van der Waals surface area contributed by atoms with Crippen molar-refractivity contribution in [2.45, 2.75) is 18.7 Å². The number of hydrogen-bond acceptors (Lipinski definition) is 7. The number of thioether (sulfide) groups is 1. The minimum Gasteiger partial charge on any atom is -0.325 e. The van der Waals surface area contributed by atoms with Crippen molar-refractivity contribution in [3.63, 3.8) is 0 Å². The van der Waals surface area contributed by atoms with Gasteiger partial charge in [-0.2, -0.15) is 4.68 Å². The molecule has 27 heavy (non-hydrogen) atoms. The van der Waals surface area contributed by atoms with Crippen LogP contribution in [0.4, 0.5) is 11.4 Å². The van der Waals surface area contributed by atoms with Crippen molar-refractivity contribution in [3.05, 3.63) is 64.0 Å². The SMILES string of the molecule is Cc1ccc(NC(=O)CSc2ccc([N+](=O)[O-])cc2)cc1-n1nnnc1C.